The number of amides is 2. The Hall–Kier alpha value is -1.30. The molecule has 1 N–H and O–H groups in total. The summed E-state index contributed by atoms with van der Waals surface area (Å²) in [7, 11) is 1.67. The van der Waals surface area contributed by atoms with Gasteiger partial charge in [-0.05, 0) is 32.1 Å². The molecule has 0 radical (unpaired) electrons. The number of nitrogens with zero attached hydrogens (tertiary/aromatic N) is 2. The highest BCUT2D eigenvalue weighted by Crippen LogP contribution is 2.22. The summed E-state index contributed by atoms with van der Waals surface area (Å²) in [5.74, 6) is -0.519. The zero-order valence-corrected chi connectivity index (χ0v) is 12.1. The molecule has 6 nitrogen and oxygen atoms in total. The minimum Gasteiger partial charge on any atom is -0.480 e. The summed E-state index contributed by atoms with van der Waals surface area (Å²) < 4.78 is 5.17. The van der Waals surface area contributed by atoms with Crippen LogP contribution in [0.1, 0.15) is 32.1 Å². The zero-order chi connectivity index (χ0) is 14.5. The van der Waals surface area contributed by atoms with Crippen molar-refractivity contribution in [2.45, 2.75) is 38.1 Å². The number of hydrogen-bond acceptors (Lipinski definition) is 3. The van der Waals surface area contributed by atoms with E-state index in [0.29, 0.717) is 32.0 Å². The second-order valence-corrected chi connectivity index (χ2v) is 5.74. The minimum atomic E-state index is -0.886. The van der Waals surface area contributed by atoms with Crippen LogP contribution in [0.25, 0.3) is 0 Å². The molecular formula is C14H24N2O4. The van der Waals surface area contributed by atoms with Crippen LogP contribution in [0, 0.1) is 5.92 Å². The van der Waals surface area contributed by atoms with E-state index >= 15 is 0 Å². The number of aliphatic carboxylic acids is 1. The van der Waals surface area contributed by atoms with Gasteiger partial charge in [0, 0.05) is 32.7 Å². The number of carboxylic acids is 1. The Labute approximate surface area is 119 Å². The SMILES string of the molecule is COCC1CCCN(C(=O)N2CCCCC2C(=O)O)C1. The predicted molar refractivity (Wildman–Crippen MR) is 73.5 cm³/mol. The molecule has 6 heteroatoms. The average Bonchev–Trinajstić information content (AvgIpc) is 2.47. The summed E-state index contributed by atoms with van der Waals surface area (Å²) in [4.78, 5) is 27.2. The van der Waals surface area contributed by atoms with Gasteiger partial charge >= 0.3 is 12.0 Å². The Morgan fingerprint density at radius 3 is 2.70 bits per heavy atom. The number of urea groups is 1. The molecule has 0 aromatic heterocycles. The normalized spacial score (nSPS) is 27.4. The second-order valence-electron chi connectivity index (χ2n) is 5.74. The first-order chi connectivity index (χ1) is 9.63. The Morgan fingerprint density at radius 2 is 2.00 bits per heavy atom. The summed E-state index contributed by atoms with van der Waals surface area (Å²) in [6.45, 7) is 2.62. The molecule has 2 rings (SSSR count). The highest BCUT2D eigenvalue weighted by molar-refractivity contribution is 5.83. The van der Waals surface area contributed by atoms with Crippen LogP contribution in [0.2, 0.25) is 0 Å². The molecule has 0 saturated carbocycles. The van der Waals surface area contributed by atoms with E-state index < -0.39 is 12.0 Å². The van der Waals surface area contributed by atoms with Gasteiger partial charge in [-0.15, -0.1) is 0 Å². The maximum Gasteiger partial charge on any atom is 0.326 e. The monoisotopic (exact) mass is 284 g/mol. The Bertz CT molecular complexity index is 359. The van der Waals surface area contributed by atoms with Gasteiger partial charge in [-0.3, -0.25) is 0 Å². The fourth-order valence-corrected chi connectivity index (χ4v) is 3.21. The predicted octanol–water partition coefficient (Wildman–Crippen LogP) is 1.40. The number of methoxy groups -OCH3 is 1. The first-order valence-corrected chi connectivity index (χ1v) is 7.40. The molecular weight excluding hydrogens is 260 g/mol. The lowest BCUT2D eigenvalue weighted by Gasteiger charge is -2.40. The van der Waals surface area contributed by atoms with Crippen molar-refractivity contribution in [2.24, 2.45) is 5.92 Å². The first kappa shape index (κ1) is 15.1. The molecule has 2 heterocycles. The Balaban J connectivity index is 1.99. The summed E-state index contributed by atoms with van der Waals surface area (Å²) >= 11 is 0. The fourth-order valence-electron chi connectivity index (χ4n) is 3.21. The van der Waals surface area contributed by atoms with Crippen LogP contribution in [-0.2, 0) is 9.53 Å². The van der Waals surface area contributed by atoms with Crippen molar-refractivity contribution in [1.82, 2.24) is 9.80 Å². The van der Waals surface area contributed by atoms with Gasteiger partial charge in [-0.25, -0.2) is 9.59 Å². The molecule has 2 atom stereocenters. The van der Waals surface area contributed by atoms with E-state index in [0.717, 1.165) is 32.2 Å². The largest absolute Gasteiger partial charge is 0.480 e. The van der Waals surface area contributed by atoms with Crippen molar-refractivity contribution in [3.05, 3.63) is 0 Å². The standard InChI is InChI=1S/C14H24N2O4/c1-20-10-11-5-4-7-15(9-11)14(19)16-8-3-2-6-12(16)13(17)18/h11-12H,2-10H2,1H3,(H,17,18). The molecule has 20 heavy (non-hydrogen) atoms. The lowest BCUT2D eigenvalue weighted by atomic mass is 9.98. The molecule has 0 aromatic carbocycles. The average molecular weight is 284 g/mol. The molecule has 2 fully saturated rings. The number of carbonyl (C=O) groups excluding carboxylic acids is 1. The van der Waals surface area contributed by atoms with Crippen LogP contribution in [0.3, 0.4) is 0 Å². The third-order valence-corrected chi connectivity index (χ3v) is 4.23. The van der Waals surface area contributed by atoms with Gasteiger partial charge in [-0.1, -0.05) is 0 Å². The number of ether oxygens (including phenoxy) is 1. The third kappa shape index (κ3) is 3.42. The molecule has 2 amide bonds. The number of rotatable bonds is 3. The van der Waals surface area contributed by atoms with Crippen LogP contribution < -0.4 is 0 Å². The van der Waals surface area contributed by atoms with Crippen molar-refractivity contribution in [3.8, 4) is 0 Å². The van der Waals surface area contributed by atoms with Gasteiger partial charge in [0.15, 0.2) is 0 Å². The van der Waals surface area contributed by atoms with E-state index in [4.69, 9.17) is 4.74 Å². The summed E-state index contributed by atoms with van der Waals surface area (Å²) in [6.07, 6.45) is 4.37. The number of carbonyl (C=O) groups is 2. The lowest BCUT2D eigenvalue weighted by molar-refractivity contribution is -0.143. The number of carboxylic acid groups (broad SMARTS) is 1. The van der Waals surface area contributed by atoms with E-state index in [2.05, 4.69) is 0 Å². The number of piperidine rings is 2. The molecule has 114 valence electrons. The Morgan fingerprint density at radius 1 is 1.20 bits per heavy atom. The third-order valence-electron chi connectivity index (χ3n) is 4.23. The van der Waals surface area contributed by atoms with E-state index in [9.17, 15) is 14.7 Å². The minimum absolute atomic E-state index is 0.113. The van der Waals surface area contributed by atoms with Gasteiger partial charge in [0.2, 0.25) is 0 Å². The van der Waals surface area contributed by atoms with Gasteiger partial charge in [0.05, 0.1) is 6.61 Å². The van der Waals surface area contributed by atoms with Crippen LogP contribution in [-0.4, -0.2) is 66.3 Å². The number of likely N-dealkylation sites (tertiary alicyclic amines) is 2. The van der Waals surface area contributed by atoms with Crippen molar-refractivity contribution in [2.75, 3.05) is 33.4 Å². The van der Waals surface area contributed by atoms with Crippen LogP contribution >= 0.6 is 0 Å². The van der Waals surface area contributed by atoms with Crippen LogP contribution in [0.4, 0.5) is 4.79 Å². The molecule has 0 bridgehead atoms. The highest BCUT2D eigenvalue weighted by Gasteiger charge is 2.35. The van der Waals surface area contributed by atoms with Crippen molar-refractivity contribution >= 4 is 12.0 Å². The van der Waals surface area contributed by atoms with Gasteiger partial charge in [0.1, 0.15) is 6.04 Å². The smallest absolute Gasteiger partial charge is 0.326 e. The summed E-state index contributed by atoms with van der Waals surface area (Å²) in [6, 6.07) is -0.767. The van der Waals surface area contributed by atoms with Crippen molar-refractivity contribution < 1.29 is 19.4 Å². The topological polar surface area (TPSA) is 70.1 Å². The van der Waals surface area contributed by atoms with Gasteiger partial charge in [0.25, 0.3) is 0 Å². The zero-order valence-electron chi connectivity index (χ0n) is 12.1. The van der Waals surface area contributed by atoms with Crippen molar-refractivity contribution in [3.63, 3.8) is 0 Å². The molecule has 0 aliphatic carbocycles. The molecule has 2 aliphatic rings. The molecule has 2 unspecified atom stereocenters. The Kier molecular flexibility index (Phi) is 5.23. The molecule has 0 aromatic rings. The molecule has 0 spiro atoms. The molecule has 2 saturated heterocycles. The van der Waals surface area contributed by atoms with Gasteiger partial charge in [-0.2, -0.15) is 0 Å². The van der Waals surface area contributed by atoms with Crippen molar-refractivity contribution in [1.29, 1.82) is 0 Å². The number of hydrogen-bond donors (Lipinski definition) is 1. The van der Waals surface area contributed by atoms with Crippen LogP contribution in [0.5, 0.6) is 0 Å². The van der Waals surface area contributed by atoms with E-state index in [-0.39, 0.29) is 6.03 Å². The maximum atomic E-state index is 12.6. The summed E-state index contributed by atoms with van der Waals surface area (Å²) in [5.41, 5.74) is 0. The summed E-state index contributed by atoms with van der Waals surface area (Å²) in [5, 5.41) is 9.26. The lowest BCUT2D eigenvalue weighted by Crippen LogP contribution is -2.55. The van der Waals surface area contributed by atoms with E-state index in [1.807, 2.05) is 0 Å². The quantitative estimate of drug-likeness (QED) is 0.850. The van der Waals surface area contributed by atoms with E-state index in [1.54, 1.807) is 16.9 Å². The first-order valence-electron chi connectivity index (χ1n) is 7.40. The highest BCUT2D eigenvalue weighted by atomic mass is 16.5. The maximum absolute atomic E-state index is 12.6. The van der Waals surface area contributed by atoms with Gasteiger partial charge < -0.3 is 19.6 Å². The second kappa shape index (κ2) is 6.92. The van der Waals surface area contributed by atoms with E-state index in [1.165, 1.54) is 0 Å². The molecule has 2 aliphatic heterocycles. The fraction of sp³-hybridized carbons (Fsp3) is 0.857. The van der Waals surface area contributed by atoms with Crippen LogP contribution in [0.15, 0.2) is 0 Å².